The van der Waals surface area contributed by atoms with Crippen molar-refractivity contribution >= 4 is 41.0 Å². The first-order chi connectivity index (χ1) is 22.0. The summed E-state index contributed by atoms with van der Waals surface area (Å²) in [5.41, 5.74) is 4.66. The number of amides is 2. The van der Waals surface area contributed by atoms with Gasteiger partial charge in [0.15, 0.2) is 11.0 Å². The Balaban J connectivity index is 1.18. The zero-order chi connectivity index (χ0) is 31.6. The van der Waals surface area contributed by atoms with E-state index >= 15 is 0 Å². The fraction of sp³-hybridized carbons (Fsp3) is 0.143. The molecule has 45 heavy (non-hydrogen) atoms. The van der Waals surface area contributed by atoms with Gasteiger partial charge in [0.05, 0.1) is 19.9 Å². The van der Waals surface area contributed by atoms with Crippen LogP contribution < -0.4 is 20.1 Å². The van der Waals surface area contributed by atoms with E-state index in [2.05, 4.69) is 32.3 Å². The van der Waals surface area contributed by atoms with Crippen LogP contribution in [0.4, 0.5) is 11.4 Å². The summed E-state index contributed by atoms with van der Waals surface area (Å²) in [5.74, 6) is 2.13. The van der Waals surface area contributed by atoms with Crippen LogP contribution in [0.15, 0.2) is 108 Å². The maximum atomic E-state index is 12.9. The molecule has 5 aromatic rings. The number of anilines is 2. The Bertz CT molecular complexity index is 1790. The third-order valence-electron chi connectivity index (χ3n) is 6.91. The average molecular weight is 620 g/mol. The number of carbonyl (C=O) groups excluding carboxylic acids is 2. The van der Waals surface area contributed by atoms with Gasteiger partial charge in [-0.1, -0.05) is 54.2 Å². The number of hydrogen-bond acceptors (Lipinski definition) is 7. The number of hydrogen-bond donors (Lipinski definition) is 2. The van der Waals surface area contributed by atoms with Gasteiger partial charge in [-0.05, 0) is 72.7 Å². The van der Waals surface area contributed by atoms with Gasteiger partial charge in [0, 0.05) is 41.3 Å². The van der Waals surface area contributed by atoms with Crippen molar-refractivity contribution in [2.45, 2.75) is 24.4 Å². The smallest absolute Gasteiger partial charge is 0.255 e. The largest absolute Gasteiger partial charge is 0.497 e. The molecule has 0 atom stereocenters. The third kappa shape index (κ3) is 7.98. The molecule has 4 aromatic carbocycles. The lowest BCUT2D eigenvalue weighted by Gasteiger charge is -2.12. The number of carbonyl (C=O) groups is 2. The number of benzene rings is 4. The molecule has 228 valence electrons. The molecule has 0 aliphatic heterocycles. The maximum absolute atomic E-state index is 12.9. The van der Waals surface area contributed by atoms with Crippen LogP contribution in [0.5, 0.6) is 11.5 Å². The zero-order valence-electron chi connectivity index (χ0n) is 25.2. The first kappa shape index (κ1) is 31.1. The number of thioether (sulfide) groups is 1. The maximum Gasteiger partial charge on any atom is 0.255 e. The van der Waals surface area contributed by atoms with Crippen LogP contribution in [0, 0.1) is 0 Å². The second-order valence-corrected chi connectivity index (χ2v) is 10.8. The quantitative estimate of drug-likeness (QED) is 0.113. The van der Waals surface area contributed by atoms with E-state index in [4.69, 9.17) is 9.47 Å². The van der Waals surface area contributed by atoms with Gasteiger partial charge < -0.3 is 24.7 Å². The van der Waals surface area contributed by atoms with Gasteiger partial charge in [-0.2, -0.15) is 0 Å². The van der Waals surface area contributed by atoms with Gasteiger partial charge in [-0.3, -0.25) is 9.59 Å². The number of nitrogens with zero attached hydrogens (tertiary/aromatic N) is 3. The first-order valence-corrected chi connectivity index (χ1v) is 15.3. The predicted octanol–water partition coefficient (Wildman–Crippen LogP) is 7.18. The average Bonchev–Trinajstić information content (AvgIpc) is 3.50. The monoisotopic (exact) mass is 619 g/mol. The van der Waals surface area contributed by atoms with Crippen molar-refractivity contribution in [3.63, 3.8) is 0 Å². The molecule has 9 nitrogen and oxygen atoms in total. The molecule has 0 spiro atoms. The summed E-state index contributed by atoms with van der Waals surface area (Å²) in [7, 11) is 3.12. The van der Waals surface area contributed by atoms with Crippen LogP contribution in [0.3, 0.4) is 0 Å². The van der Waals surface area contributed by atoms with E-state index in [1.807, 2.05) is 66.7 Å². The number of rotatable bonds is 12. The number of ether oxygens (including phenoxy) is 2. The van der Waals surface area contributed by atoms with Crippen LogP contribution in [0.1, 0.15) is 28.4 Å². The van der Waals surface area contributed by atoms with Crippen molar-refractivity contribution < 1.29 is 19.1 Å². The molecule has 1 aromatic heterocycles. The Morgan fingerprint density at radius 2 is 1.62 bits per heavy atom. The Labute approximate surface area is 266 Å². The van der Waals surface area contributed by atoms with Gasteiger partial charge >= 0.3 is 0 Å². The van der Waals surface area contributed by atoms with Gasteiger partial charge in [0.1, 0.15) is 11.5 Å². The summed E-state index contributed by atoms with van der Waals surface area (Å²) in [5, 5.41) is 15.5. The molecule has 0 saturated heterocycles. The molecule has 0 aliphatic carbocycles. The summed E-state index contributed by atoms with van der Waals surface area (Å²) in [6.45, 7) is 2.75. The zero-order valence-corrected chi connectivity index (χ0v) is 26.0. The van der Waals surface area contributed by atoms with Crippen molar-refractivity contribution in [1.82, 2.24) is 14.8 Å². The molecule has 0 bridgehead atoms. The summed E-state index contributed by atoms with van der Waals surface area (Å²) in [6.07, 6.45) is 3.29. The van der Waals surface area contributed by atoms with E-state index < -0.39 is 0 Å². The summed E-state index contributed by atoms with van der Waals surface area (Å²) < 4.78 is 12.7. The molecule has 2 amide bonds. The second kappa shape index (κ2) is 14.9. The van der Waals surface area contributed by atoms with E-state index in [-0.39, 0.29) is 11.8 Å². The lowest BCUT2D eigenvalue weighted by atomic mass is 10.1. The summed E-state index contributed by atoms with van der Waals surface area (Å²) in [6, 6.07) is 29.9. The molecule has 1 heterocycles. The third-order valence-corrected chi connectivity index (χ3v) is 7.95. The molecule has 10 heteroatoms. The van der Waals surface area contributed by atoms with Crippen molar-refractivity contribution in [3.05, 3.63) is 120 Å². The van der Waals surface area contributed by atoms with Crippen LogP contribution in [-0.4, -0.2) is 40.8 Å². The number of methoxy groups -OCH3 is 2. The Morgan fingerprint density at radius 1 is 0.867 bits per heavy atom. The van der Waals surface area contributed by atoms with Crippen molar-refractivity contribution in [2.75, 3.05) is 24.9 Å². The highest BCUT2D eigenvalue weighted by atomic mass is 32.2. The highest BCUT2D eigenvalue weighted by Gasteiger charge is 2.15. The fourth-order valence-electron chi connectivity index (χ4n) is 4.52. The molecular weight excluding hydrogens is 586 g/mol. The molecule has 0 aliphatic rings. The highest BCUT2D eigenvalue weighted by molar-refractivity contribution is 7.98. The topological polar surface area (TPSA) is 107 Å². The molecule has 0 saturated carbocycles. The number of nitrogens with one attached hydrogen (secondary N) is 2. The Hall–Kier alpha value is -5.35. The van der Waals surface area contributed by atoms with E-state index in [1.54, 1.807) is 62.4 Å². The van der Waals surface area contributed by atoms with Crippen LogP contribution in [-0.2, 0) is 17.1 Å². The van der Waals surface area contributed by atoms with Gasteiger partial charge in [-0.25, -0.2) is 0 Å². The second-order valence-electron chi connectivity index (χ2n) is 9.87. The van der Waals surface area contributed by atoms with Crippen molar-refractivity contribution in [3.8, 4) is 22.9 Å². The lowest BCUT2D eigenvalue weighted by Crippen LogP contribution is -2.12. The normalized spacial score (nSPS) is 10.9. The lowest BCUT2D eigenvalue weighted by molar-refractivity contribution is -0.111. The predicted molar refractivity (Wildman–Crippen MR) is 179 cm³/mol. The molecule has 0 unspecified atom stereocenters. The standard InChI is InChI=1S/C35H33N5O4S/c1-4-40-33(26-15-17-28(18-16-26)36-32(41)21-12-24-8-6-5-7-9-24)38-39-35(40)45-23-25-10-13-27(14-11-25)34(42)37-30-22-29(43-2)19-20-31(30)44-3/h5-22H,4,23H2,1-3H3,(H,36,41)(H,37,42). The van der Waals surface area contributed by atoms with Crippen LogP contribution in [0.25, 0.3) is 17.5 Å². The minimum absolute atomic E-state index is 0.201. The van der Waals surface area contributed by atoms with E-state index in [0.717, 1.165) is 27.7 Å². The molecular formula is C35H33N5O4S. The van der Waals surface area contributed by atoms with E-state index in [9.17, 15) is 9.59 Å². The van der Waals surface area contributed by atoms with Crippen molar-refractivity contribution in [2.24, 2.45) is 0 Å². The van der Waals surface area contributed by atoms with Crippen molar-refractivity contribution in [1.29, 1.82) is 0 Å². The minimum atomic E-state index is -0.245. The van der Waals surface area contributed by atoms with Gasteiger partial charge in [0.2, 0.25) is 5.91 Å². The molecule has 0 fully saturated rings. The fourth-order valence-corrected chi connectivity index (χ4v) is 5.48. The Kier molecular flexibility index (Phi) is 10.3. The van der Waals surface area contributed by atoms with Gasteiger partial charge in [0.25, 0.3) is 5.91 Å². The van der Waals surface area contributed by atoms with Gasteiger partial charge in [-0.15, -0.1) is 10.2 Å². The molecule has 5 rings (SSSR count). The summed E-state index contributed by atoms with van der Waals surface area (Å²) in [4.78, 5) is 25.2. The first-order valence-electron chi connectivity index (χ1n) is 14.3. The SMILES string of the molecule is CCn1c(SCc2ccc(C(=O)Nc3cc(OC)ccc3OC)cc2)nnc1-c1ccc(NC(=O)C=Cc2ccccc2)cc1. The van der Waals surface area contributed by atoms with Crippen LogP contribution >= 0.6 is 11.8 Å². The van der Waals surface area contributed by atoms with Crippen LogP contribution in [0.2, 0.25) is 0 Å². The Morgan fingerprint density at radius 3 is 2.31 bits per heavy atom. The van der Waals surface area contributed by atoms with E-state index in [1.165, 1.54) is 6.08 Å². The summed E-state index contributed by atoms with van der Waals surface area (Å²) >= 11 is 1.58. The number of aromatic nitrogens is 3. The minimum Gasteiger partial charge on any atom is -0.497 e. The molecule has 0 radical (unpaired) electrons. The highest BCUT2D eigenvalue weighted by Crippen LogP contribution is 2.30. The molecule has 2 N–H and O–H groups in total. The van der Waals surface area contributed by atoms with E-state index in [0.29, 0.717) is 40.7 Å².